The van der Waals surface area contributed by atoms with E-state index in [4.69, 9.17) is 0 Å². The first-order chi connectivity index (χ1) is 6.83. The molecule has 92 valence electrons. The quantitative estimate of drug-likeness (QED) is 0.694. The van der Waals surface area contributed by atoms with Crippen molar-refractivity contribution in [2.24, 2.45) is 0 Å². The first-order valence-electron chi connectivity index (χ1n) is 5.62. The molecule has 0 aliphatic carbocycles. The molecule has 1 nitrogen and oxygen atoms in total. The summed E-state index contributed by atoms with van der Waals surface area (Å²) < 4.78 is 35.8. The average molecular weight is 226 g/mol. The third kappa shape index (κ3) is 7.65. The maximum Gasteiger partial charge on any atom is 0.389 e. The van der Waals surface area contributed by atoms with Crippen LogP contribution in [0.5, 0.6) is 0 Å². The van der Waals surface area contributed by atoms with Crippen LogP contribution in [0.3, 0.4) is 0 Å². The molecule has 0 rings (SSSR count). The fourth-order valence-electron chi connectivity index (χ4n) is 1.92. The zero-order chi connectivity index (χ0) is 11.9. The van der Waals surface area contributed by atoms with E-state index in [0.29, 0.717) is 12.8 Å². The van der Waals surface area contributed by atoms with E-state index in [2.05, 4.69) is 0 Å². The molecule has 0 atom stereocenters. The van der Waals surface area contributed by atoms with Gasteiger partial charge in [-0.15, -0.1) is 0 Å². The first kappa shape index (κ1) is 14.8. The van der Waals surface area contributed by atoms with Crippen molar-refractivity contribution in [1.29, 1.82) is 0 Å². The molecule has 0 aromatic heterocycles. The molecule has 0 amide bonds. The number of aliphatic hydroxyl groups is 1. The van der Waals surface area contributed by atoms with Crippen molar-refractivity contribution < 1.29 is 18.3 Å². The number of halogens is 3. The molecular weight excluding hydrogens is 205 g/mol. The van der Waals surface area contributed by atoms with Crippen molar-refractivity contribution in [2.75, 3.05) is 0 Å². The van der Waals surface area contributed by atoms with Crippen molar-refractivity contribution in [1.82, 2.24) is 0 Å². The summed E-state index contributed by atoms with van der Waals surface area (Å²) in [5.74, 6) is 0. The number of hydrogen-bond acceptors (Lipinski definition) is 1. The summed E-state index contributed by atoms with van der Waals surface area (Å²) in [5, 5.41) is 10.0. The molecule has 0 aromatic rings. The maximum absolute atomic E-state index is 11.9. The second-order valence-electron chi connectivity index (χ2n) is 4.19. The highest BCUT2D eigenvalue weighted by atomic mass is 19.4. The van der Waals surface area contributed by atoms with Gasteiger partial charge in [0.05, 0.1) is 5.60 Å². The Kier molecular flexibility index (Phi) is 6.25. The van der Waals surface area contributed by atoms with E-state index in [0.717, 1.165) is 12.8 Å². The Balaban J connectivity index is 3.95. The molecule has 4 heteroatoms. The molecule has 0 heterocycles. The summed E-state index contributed by atoms with van der Waals surface area (Å²) in [5.41, 5.74) is -0.880. The Bertz CT molecular complexity index is 160. The predicted molar refractivity (Wildman–Crippen MR) is 54.7 cm³/mol. The van der Waals surface area contributed by atoms with Crippen LogP contribution >= 0.6 is 0 Å². The van der Waals surface area contributed by atoms with Crippen LogP contribution in [-0.4, -0.2) is 16.9 Å². The normalized spacial score (nSPS) is 13.2. The zero-order valence-corrected chi connectivity index (χ0v) is 9.53. The molecule has 0 spiro atoms. The van der Waals surface area contributed by atoms with Crippen LogP contribution in [0.15, 0.2) is 0 Å². The van der Waals surface area contributed by atoms with Gasteiger partial charge < -0.3 is 5.11 Å². The fraction of sp³-hybridized carbons (Fsp3) is 1.00. The second kappa shape index (κ2) is 6.36. The van der Waals surface area contributed by atoms with E-state index in [1.54, 1.807) is 0 Å². The van der Waals surface area contributed by atoms with E-state index in [9.17, 15) is 18.3 Å². The Hall–Kier alpha value is -0.250. The minimum absolute atomic E-state index is 0.0278. The summed E-state index contributed by atoms with van der Waals surface area (Å²) in [7, 11) is 0. The van der Waals surface area contributed by atoms with Gasteiger partial charge in [0.2, 0.25) is 0 Å². The highest BCUT2D eigenvalue weighted by molar-refractivity contribution is 4.77. The van der Waals surface area contributed by atoms with Gasteiger partial charge in [0.25, 0.3) is 0 Å². The van der Waals surface area contributed by atoms with E-state index >= 15 is 0 Å². The lowest BCUT2D eigenvalue weighted by Gasteiger charge is -2.27. The fourth-order valence-corrected chi connectivity index (χ4v) is 1.92. The van der Waals surface area contributed by atoms with Gasteiger partial charge in [-0.25, -0.2) is 0 Å². The molecule has 0 saturated heterocycles. The third-order valence-corrected chi connectivity index (χ3v) is 2.53. The van der Waals surface area contributed by atoms with Crippen LogP contribution in [-0.2, 0) is 0 Å². The van der Waals surface area contributed by atoms with Crippen LogP contribution in [0.2, 0.25) is 0 Å². The molecule has 1 N–H and O–H groups in total. The monoisotopic (exact) mass is 226 g/mol. The molecule has 0 saturated carbocycles. The molecule has 15 heavy (non-hydrogen) atoms. The molecule has 0 bridgehead atoms. The Morgan fingerprint density at radius 2 is 1.33 bits per heavy atom. The Morgan fingerprint density at radius 3 is 1.67 bits per heavy atom. The zero-order valence-electron chi connectivity index (χ0n) is 9.53. The summed E-state index contributed by atoms with van der Waals surface area (Å²) in [4.78, 5) is 0. The lowest BCUT2D eigenvalue weighted by atomic mass is 9.87. The van der Waals surface area contributed by atoms with Gasteiger partial charge in [-0.1, -0.05) is 26.7 Å². The van der Waals surface area contributed by atoms with Crippen molar-refractivity contribution in [3.05, 3.63) is 0 Å². The van der Waals surface area contributed by atoms with Gasteiger partial charge in [-0.3, -0.25) is 0 Å². The third-order valence-electron chi connectivity index (χ3n) is 2.53. The van der Waals surface area contributed by atoms with Crippen LogP contribution in [0.25, 0.3) is 0 Å². The molecule has 0 radical (unpaired) electrons. The van der Waals surface area contributed by atoms with Crippen LogP contribution in [0.1, 0.15) is 58.8 Å². The minimum atomic E-state index is -4.10. The lowest BCUT2D eigenvalue weighted by Crippen LogP contribution is -2.28. The topological polar surface area (TPSA) is 20.2 Å². The van der Waals surface area contributed by atoms with E-state index in [-0.39, 0.29) is 12.8 Å². The van der Waals surface area contributed by atoms with E-state index < -0.39 is 18.2 Å². The van der Waals surface area contributed by atoms with Crippen LogP contribution < -0.4 is 0 Å². The summed E-state index contributed by atoms with van der Waals surface area (Å²) in [6.45, 7) is 3.87. The van der Waals surface area contributed by atoms with Gasteiger partial charge in [-0.05, 0) is 25.7 Å². The largest absolute Gasteiger partial charge is 0.390 e. The Labute approximate surface area is 89.7 Å². The highest BCUT2D eigenvalue weighted by Crippen LogP contribution is 2.29. The van der Waals surface area contributed by atoms with Crippen LogP contribution in [0.4, 0.5) is 13.2 Å². The van der Waals surface area contributed by atoms with Crippen molar-refractivity contribution in [2.45, 2.75) is 70.6 Å². The summed E-state index contributed by atoms with van der Waals surface area (Å²) in [6.07, 6.45) is -1.79. The van der Waals surface area contributed by atoms with Gasteiger partial charge in [0.1, 0.15) is 0 Å². The van der Waals surface area contributed by atoms with Crippen LogP contribution in [0, 0.1) is 0 Å². The minimum Gasteiger partial charge on any atom is -0.390 e. The molecule has 0 aliphatic heterocycles. The van der Waals surface area contributed by atoms with Gasteiger partial charge in [0.15, 0.2) is 0 Å². The number of rotatable bonds is 7. The molecule has 0 aromatic carbocycles. The van der Waals surface area contributed by atoms with E-state index in [1.165, 1.54) is 0 Å². The summed E-state index contributed by atoms with van der Waals surface area (Å²) in [6, 6.07) is 0. The predicted octanol–water partition coefficient (Wildman–Crippen LogP) is 4.05. The van der Waals surface area contributed by atoms with Crippen molar-refractivity contribution in [3.8, 4) is 0 Å². The maximum atomic E-state index is 11.9. The smallest absolute Gasteiger partial charge is 0.389 e. The SMILES string of the molecule is CCCC(O)(CCC)CCCC(F)(F)F. The van der Waals surface area contributed by atoms with E-state index in [1.807, 2.05) is 13.8 Å². The average Bonchev–Trinajstić information content (AvgIpc) is 2.01. The standard InChI is InChI=1S/C11H21F3O/c1-3-6-10(15,7-4-2)8-5-9-11(12,13)14/h15H,3-9H2,1-2H3. The molecule has 0 aliphatic rings. The second-order valence-corrected chi connectivity index (χ2v) is 4.19. The van der Waals surface area contributed by atoms with Crippen molar-refractivity contribution >= 4 is 0 Å². The summed E-state index contributed by atoms with van der Waals surface area (Å²) >= 11 is 0. The molecule has 0 unspecified atom stereocenters. The first-order valence-corrected chi connectivity index (χ1v) is 5.62. The van der Waals surface area contributed by atoms with Crippen molar-refractivity contribution in [3.63, 3.8) is 0 Å². The van der Waals surface area contributed by atoms with Gasteiger partial charge in [0, 0.05) is 6.42 Å². The number of hydrogen-bond donors (Lipinski definition) is 1. The Morgan fingerprint density at radius 1 is 0.867 bits per heavy atom. The lowest BCUT2D eigenvalue weighted by molar-refractivity contribution is -0.138. The molecular formula is C11H21F3O. The van der Waals surface area contributed by atoms with Gasteiger partial charge >= 0.3 is 6.18 Å². The van der Waals surface area contributed by atoms with Gasteiger partial charge in [-0.2, -0.15) is 13.2 Å². The highest BCUT2D eigenvalue weighted by Gasteiger charge is 2.30. The molecule has 0 fully saturated rings. The number of alkyl halides is 3.